The van der Waals surface area contributed by atoms with Gasteiger partial charge in [-0.1, -0.05) is 12.1 Å². The van der Waals surface area contributed by atoms with E-state index >= 15 is 0 Å². The molecular weight excluding hydrogens is 323 g/mol. The van der Waals surface area contributed by atoms with Gasteiger partial charge in [0.05, 0.1) is 17.2 Å². The predicted octanol–water partition coefficient (Wildman–Crippen LogP) is 2.29. The summed E-state index contributed by atoms with van der Waals surface area (Å²) in [7, 11) is 0. The molecule has 25 heavy (non-hydrogen) atoms. The van der Waals surface area contributed by atoms with Crippen LogP contribution in [0.15, 0.2) is 54.7 Å². The first-order chi connectivity index (χ1) is 12.0. The molecule has 126 valence electrons. The topological polar surface area (TPSA) is 89.2 Å². The summed E-state index contributed by atoms with van der Waals surface area (Å²) in [6, 6.07) is 12.6. The van der Waals surface area contributed by atoms with Gasteiger partial charge in [-0.25, -0.2) is 9.37 Å². The average molecular weight is 338 g/mol. The largest absolute Gasteiger partial charge is 0.370 e. The van der Waals surface area contributed by atoms with Crippen molar-refractivity contribution in [2.45, 2.75) is 6.42 Å². The van der Waals surface area contributed by atoms with E-state index in [0.717, 1.165) is 0 Å². The molecule has 0 aliphatic carbocycles. The first kappa shape index (κ1) is 16.5. The minimum atomic E-state index is -0.537. The van der Waals surface area contributed by atoms with E-state index in [9.17, 15) is 14.0 Å². The van der Waals surface area contributed by atoms with Crippen LogP contribution in [0.2, 0.25) is 0 Å². The maximum absolute atomic E-state index is 13.2. The number of hydrogen-bond acceptors (Lipinski definition) is 4. The van der Waals surface area contributed by atoms with Crippen LogP contribution < -0.4 is 10.6 Å². The Labute approximate surface area is 143 Å². The molecule has 0 aliphatic rings. The lowest BCUT2D eigenvalue weighted by Gasteiger charge is -2.22. The fourth-order valence-electron chi connectivity index (χ4n) is 2.39. The summed E-state index contributed by atoms with van der Waals surface area (Å²) < 4.78 is 13.2. The van der Waals surface area contributed by atoms with E-state index in [2.05, 4.69) is 9.97 Å². The summed E-state index contributed by atoms with van der Waals surface area (Å²) >= 11 is 0. The van der Waals surface area contributed by atoms with E-state index in [1.807, 2.05) is 6.07 Å². The van der Waals surface area contributed by atoms with Gasteiger partial charge in [0.25, 0.3) is 5.91 Å². The number of primary amides is 1. The van der Waals surface area contributed by atoms with Crippen molar-refractivity contribution in [3.05, 3.63) is 66.2 Å². The number of anilines is 1. The molecule has 0 bridgehead atoms. The third-order valence-corrected chi connectivity index (χ3v) is 3.63. The maximum Gasteiger partial charge on any atom is 0.278 e. The number of aromatic nitrogens is 2. The molecule has 1 heterocycles. The van der Waals surface area contributed by atoms with Crippen LogP contribution in [0.5, 0.6) is 0 Å². The summed E-state index contributed by atoms with van der Waals surface area (Å²) in [5.74, 6) is -1.40. The second kappa shape index (κ2) is 7.04. The molecule has 0 unspecified atom stereocenters. The Hall–Kier alpha value is -3.35. The number of halogens is 1. The molecule has 3 rings (SSSR count). The molecule has 0 fully saturated rings. The molecule has 3 aromatic rings. The van der Waals surface area contributed by atoms with Crippen LogP contribution >= 0.6 is 0 Å². The van der Waals surface area contributed by atoms with E-state index in [1.54, 1.807) is 18.2 Å². The maximum atomic E-state index is 13.2. The third kappa shape index (κ3) is 3.77. The number of hydrogen-bond donors (Lipinski definition) is 1. The summed E-state index contributed by atoms with van der Waals surface area (Å²) in [4.78, 5) is 33.9. The highest BCUT2D eigenvalue weighted by Crippen LogP contribution is 2.18. The van der Waals surface area contributed by atoms with Crippen molar-refractivity contribution in [2.75, 3.05) is 11.4 Å². The van der Waals surface area contributed by atoms with Crippen LogP contribution in [0.25, 0.3) is 11.0 Å². The lowest BCUT2D eigenvalue weighted by molar-refractivity contribution is -0.117. The highest BCUT2D eigenvalue weighted by Gasteiger charge is 2.20. The van der Waals surface area contributed by atoms with Gasteiger partial charge in [0.2, 0.25) is 5.91 Å². The van der Waals surface area contributed by atoms with Crippen LogP contribution in [-0.4, -0.2) is 28.3 Å². The van der Waals surface area contributed by atoms with Crippen molar-refractivity contribution in [2.24, 2.45) is 5.73 Å². The van der Waals surface area contributed by atoms with Gasteiger partial charge in [0.15, 0.2) is 0 Å². The van der Waals surface area contributed by atoms with Crippen molar-refractivity contribution in [1.29, 1.82) is 0 Å². The zero-order valence-electron chi connectivity index (χ0n) is 13.2. The molecule has 0 saturated heterocycles. The molecule has 0 spiro atoms. The number of nitrogens with zero attached hydrogens (tertiary/aromatic N) is 3. The summed E-state index contributed by atoms with van der Waals surface area (Å²) in [5.41, 5.74) is 7.03. The molecule has 0 atom stereocenters. The predicted molar refractivity (Wildman–Crippen MR) is 91.4 cm³/mol. The minimum absolute atomic E-state index is 0.0237. The molecule has 1 aromatic heterocycles. The summed E-state index contributed by atoms with van der Waals surface area (Å²) in [6.45, 7) is 0.0638. The molecule has 0 saturated carbocycles. The zero-order chi connectivity index (χ0) is 17.8. The van der Waals surface area contributed by atoms with E-state index in [4.69, 9.17) is 5.73 Å². The first-order valence-electron chi connectivity index (χ1n) is 7.62. The van der Waals surface area contributed by atoms with Gasteiger partial charge in [-0.15, -0.1) is 0 Å². The van der Waals surface area contributed by atoms with Gasteiger partial charge in [-0.3, -0.25) is 14.6 Å². The Bertz CT molecular complexity index is 928. The molecule has 2 amide bonds. The highest BCUT2D eigenvalue weighted by molar-refractivity contribution is 6.05. The number of amides is 2. The fraction of sp³-hybridized carbons (Fsp3) is 0.111. The number of benzene rings is 2. The summed E-state index contributed by atoms with van der Waals surface area (Å²) in [5, 5.41) is 0. The zero-order valence-corrected chi connectivity index (χ0v) is 13.2. The number of carbonyl (C=O) groups is 2. The van der Waals surface area contributed by atoms with Crippen molar-refractivity contribution < 1.29 is 14.0 Å². The van der Waals surface area contributed by atoms with Crippen molar-refractivity contribution >= 4 is 28.5 Å². The monoisotopic (exact) mass is 338 g/mol. The van der Waals surface area contributed by atoms with Crippen LogP contribution in [0.1, 0.15) is 16.9 Å². The second-order valence-electron chi connectivity index (χ2n) is 5.39. The Balaban J connectivity index is 1.96. The Morgan fingerprint density at radius 2 is 1.72 bits per heavy atom. The van der Waals surface area contributed by atoms with Crippen LogP contribution in [0.3, 0.4) is 0 Å². The second-order valence-corrected chi connectivity index (χ2v) is 5.39. The standard InChI is InChI=1S/C18H15FN4O2/c19-12-5-7-13(8-6-12)23(10-9-17(20)24)18(25)16-11-21-14-3-1-2-4-15(14)22-16/h1-8,11H,9-10H2,(H2,20,24). The van der Waals surface area contributed by atoms with Gasteiger partial charge < -0.3 is 10.6 Å². The van der Waals surface area contributed by atoms with E-state index in [0.29, 0.717) is 16.7 Å². The SMILES string of the molecule is NC(=O)CCN(C(=O)c1cnc2ccccc2n1)c1ccc(F)cc1. The van der Waals surface area contributed by atoms with Gasteiger partial charge in [-0.05, 0) is 36.4 Å². The fourth-order valence-corrected chi connectivity index (χ4v) is 2.39. The molecule has 0 radical (unpaired) electrons. The van der Waals surface area contributed by atoms with Crippen LogP contribution in [0.4, 0.5) is 10.1 Å². The number of rotatable bonds is 5. The quantitative estimate of drug-likeness (QED) is 0.773. The number of para-hydroxylation sites is 2. The Kier molecular flexibility index (Phi) is 4.65. The average Bonchev–Trinajstić information content (AvgIpc) is 2.62. The van der Waals surface area contributed by atoms with Gasteiger partial charge in [-0.2, -0.15) is 0 Å². The third-order valence-electron chi connectivity index (χ3n) is 3.63. The Morgan fingerprint density at radius 1 is 1.04 bits per heavy atom. The summed E-state index contributed by atoms with van der Waals surface area (Å²) in [6.07, 6.45) is 1.36. The lowest BCUT2D eigenvalue weighted by atomic mass is 10.2. The molecule has 0 aliphatic heterocycles. The van der Waals surface area contributed by atoms with E-state index in [-0.39, 0.29) is 18.7 Å². The molecule has 2 N–H and O–H groups in total. The molecule has 2 aromatic carbocycles. The smallest absolute Gasteiger partial charge is 0.278 e. The van der Waals surface area contributed by atoms with E-state index < -0.39 is 17.6 Å². The number of carbonyl (C=O) groups excluding carboxylic acids is 2. The van der Waals surface area contributed by atoms with Crippen molar-refractivity contribution in [1.82, 2.24) is 9.97 Å². The molecular formula is C18H15FN4O2. The normalized spacial score (nSPS) is 10.6. The van der Waals surface area contributed by atoms with Crippen molar-refractivity contribution in [3.8, 4) is 0 Å². The van der Waals surface area contributed by atoms with Crippen LogP contribution in [0, 0.1) is 5.82 Å². The highest BCUT2D eigenvalue weighted by atomic mass is 19.1. The van der Waals surface area contributed by atoms with Gasteiger partial charge in [0, 0.05) is 18.7 Å². The van der Waals surface area contributed by atoms with Crippen LogP contribution in [-0.2, 0) is 4.79 Å². The Morgan fingerprint density at radius 3 is 2.40 bits per heavy atom. The number of nitrogens with two attached hydrogens (primary N) is 1. The van der Waals surface area contributed by atoms with Gasteiger partial charge >= 0.3 is 0 Å². The van der Waals surface area contributed by atoms with Crippen molar-refractivity contribution in [3.63, 3.8) is 0 Å². The first-order valence-corrected chi connectivity index (χ1v) is 7.62. The minimum Gasteiger partial charge on any atom is -0.370 e. The lowest BCUT2D eigenvalue weighted by Crippen LogP contribution is -2.34. The van der Waals surface area contributed by atoms with Gasteiger partial charge in [0.1, 0.15) is 11.5 Å². The number of fused-ring (bicyclic) bond motifs is 1. The molecule has 7 heteroatoms. The molecule has 6 nitrogen and oxygen atoms in total. The van der Waals surface area contributed by atoms with E-state index in [1.165, 1.54) is 35.4 Å².